The van der Waals surface area contributed by atoms with E-state index in [2.05, 4.69) is 9.68 Å². The molecule has 0 unspecified atom stereocenters. The second-order valence-electron chi connectivity index (χ2n) is 3.07. The van der Waals surface area contributed by atoms with Crippen LogP contribution in [0.1, 0.15) is 0 Å². The molecule has 0 radical (unpaired) electrons. The maximum absolute atomic E-state index is 13.9. The first kappa shape index (κ1) is 10.8. The highest BCUT2D eigenvalue weighted by atomic mass is 35.5. The first-order valence-electron chi connectivity index (χ1n) is 4.37. The number of nitrogens with zero attached hydrogens (tertiary/aromatic N) is 1. The maximum atomic E-state index is 13.9. The number of rotatable bonds is 2. The number of hydrogen-bond acceptors (Lipinski definition) is 4. The van der Waals surface area contributed by atoms with Crippen molar-refractivity contribution in [2.45, 2.75) is 0 Å². The standard InChI is InChI=1S/C10H8ClFN2O2/c1-15-8-3-5(11)2-6(9(8)12)7-4-14-16-10(7)13/h2-4H,13H2,1H3. The van der Waals surface area contributed by atoms with Crippen LogP contribution in [-0.4, -0.2) is 12.3 Å². The Labute approximate surface area is 95.7 Å². The fourth-order valence-electron chi connectivity index (χ4n) is 1.36. The predicted octanol–water partition coefficient (Wildman–Crippen LogP) is 2.72. The molecule has 0 spiro atoms. The van der Waals surface area contributed by atoms with E-state index in [0.29, 0.717) is 10.6 Å². The zero-order valence-corrected chi connectivity index (χ0v) is 9.08. The number of nitrogens with two attached hydrogens (primary N) is 1. The van der Waals surface area contributed by atoms with Crippen LogP contribution in [0.3, 0.4) is 0 Å². The highest BCUT2D eigenvalue weighted by molar-refractivity contribution is 6.31. The Morgan fingerprint density at radius 1 is 1.44 bits per heavy atom. The van der Waals surface area contributed by atoms with Crippen LogP contribution in [0.25, 0.3) is 11.1 Å². The topological polar surface area (TPSA) is 61.3 Å². The molecule has 0 saturated carbocycles. The van der Waals surface area contributed by atoms with E-state index in [0.717, 1.165) is 0 Å². The zero-order chi connectivity index (χ0) is 11.7. The molecule has 0 aliphatic carbocycles. The van der Waals surface area contributed by atoms with Crippen molar-refractivity contribution in [1.29, 1.82) is 0 Å². The number of ether oxygens (including phenoxy) is 1. The molecule has 1 aromatic carbocycles. The molecule has 0 atom stereocenters. The third-order valence-electron chi connectivity index (χ3n) is 2.11. The van der Waals surface area contributed by atoms with Gasteiger partial charge in [0, 0.05) is 16.7 Å². The van der Waals surface area contributed by atoms with Gasteiger partial charge in [-0.3, -0.25) is 0 Å². The summed E-state index contributed by atoms with van der Waals surface area (Å²) in [6, 6.07) is 2.81. The summed E-state index contributed by atoms with van der Waals surface area (Å²) in [5, 5.41) is 3.82. The molecule has 84 valence electrons. The number of anilines is 1. The molecule has 0 saturated heterocycles. The van der Waals surface area contributed by atoms with E-state index in [9.17, 15) is 4.39 Å². The van der Waals surface area contributed by atoms with Crippen molar-refractivity contribution in [3.05, 3.63) is 29.2 Å². The summed E-state index contributed by atoms with van der Waals surface area (Å²) in [6.07, 6.45) is 1.32. The molecule has 2 aromatic rings. The molecule has 16 heavy (non-hydrogen) atoms. The van der Waals surface area contributed by atoms with Gasteiger partial charge in [0.25, 0.3) is 0 Å². The Bertz CT molecular complexity index is 528. The molecular formula is C10H8ClFN2O2. The van der Waals surface area contributed by atoms with Gasteiger partial charge in [-0.15, -0.1) is 0 Å². The summed E-state index contributed by atoms with van der Waals surface area (Å²) < 4.78 is 23.4. The molecule has 0 amide bonds. The normalized spacial score (nSPS) is 10.4. The van der Waals surface area contributed by atoms with Crippen LogP contribution >= 0.6 is 11.6 Å². The van der Waals surface area contributed by atoms with Crippen LogP contribution in [0.5, 0.6) is 5.75 Å². The summed E-state index contributed by atoms with van der Waals surface area (Å²) in [5.41, 5.74) is 6.05. The van der Waals surface area contributed by atoms with Crippen LogP contribution in [-0.2, 0) is 0 Å². The van der Waals surface area contributed by atoms with Gasteiger partial charge in [-0.1, -0.05) is 16.8 Å². The molecule has 2 rings (SSSR count). The molecule has 2 N–H and O–H groups in total. The Morgan fingerprint density at radius 2 is 2.19 bits per heavy atom. The lowest BCUT2D eigenvalue weighted by molar-refractivity contribution is 0.387. The number of methoxy groups -OCH3 is 1. The highest BCUT2D eigenvalue weighted by Gasteiger charge is 2.16. The predicted molar refractivity (Wildman–Crippen MR) is 57.9 cm³/mol. The second-order valence-corrected chi connectivity index (χ2v) is 3.51. The Balaban J connectivity index is 2.65. The van der Waals surface area contributed by atoms with Gasteiger partial charge in [0.05, 0.1) is 18.9 Å². The first-order valence-corrected chi connectivity index (χ1v) is 4.75. The minimum Gasteiger partial charge on any atom is -0.494 e. The first-order chi connectivity index (χ1) is 7.63. The Kier molecular flexibility index (Phi) is 2.70. The number of aromatic nitrogens is 1. The molecule has 0 fully saturated rings. The van der Waals surface area contributed by atoms with Crippen LogP contribution in [0.4, 0.5) is 10.3 Å². The smallest absolute Gasteiger partial charge is 0.230 e. The SMILES string of the molecule is COc1cc(Cl)cc(-c2cnoc2N)c1F. The number of nitrogen functional groups attached to an aromatic ring is 1. The third kappa shape index (κ3) is 1.69. The van der Waals surface area contributed by atoms with Gasteiger partial charge in [0.2, 0.25) is 5.88 Å². The van der Waals surface area contributed by atoms with Crippen LogP contribution in [0.2, 0.25) is 5.02 Å². The van der Waals surface area contributed by atoms with Crippen molar-refractivity contribution in [2.24, 2.45) is 0 Å². The van der Waals surface area contributed by atoms with Crippen molar-refractivity contribution in [1.82, 2.24) is 5.16 Å². The molecule has 1 heterocycles. The molecule has 0 aliphatic rings. The lowest BCUT2D eigenvalue weighted by atomic mass is 10.1. The molecule has 4 nitrogen and oxygen atoms in total. The van der Waals surface area contributed by atoms with Gasteiger partial charge in [0.15, 0.2) is 11.6 Å². The summed E-state index contributed by atoms with van der Waals surface area (Å²) >= 11 is 5.83. The van der Waals surface area contributed by atoms with E-state index in [1.807, 2.05) is 0 Å². The highest BCUT2D eigenvalue weighted by Crippen LogP contribution is 2.35. The summed E-state index contributed by atoms with van der Waals surface area (Å²) in [6.45, 7) is 0. The van der Waals surface area contributed by atoms with Crippen LogP contribution in [0, 0.1) is 5.82 Å². The molecule has 0 aliphatic heterocycles. The van der Waals surface area contributed by atoms with Gasteiger partial charge in [-0.05, 0) is 6.07 Å². The average molecular weight is 243 g/mol. The summed E-state index contributed by atoms with van der Waals surface area (Å²) in [5.74, 6) is -0.479. The maximum Gasteiger partial charge on any atom is 0.230 e. The van der Waals surface area contributed by atoms with Gasteiger partial charge in [0.1, 0.15) is 0 Å². The molecular weight excluding hydrogens is 235 g/mol. The molecule has 6 heteroatoms. The lowest BCUT2D eigenvalue weighted by Crippen LogP contribution is -1.93. The fourth-order valence-corrected chi connectivity index (χ4v) is 1.57. The number of halogens is 2. The fraction of sp³-hybridized carbons (Fsp3) is 0.100. The van der Waals surface area contributed by atoms with Gasteiger partial charge in [-0.25, -0.2) is 4.39 Å². The van der Waals surface area contributed by atoms with Gasteiger partial charge >= 0.3 is 0 Å². The number of benzene rings is 1. The zero-order valence-electron chi connectivity index (χ0n) is 8.33. The number of hydrogen-bond donors (Lipinski definition) is 1. The van der Waals surface area contributed by atoms with Crippen LogP contribution in [0.15, 0.2) is 22.9 Å². The quantitative estimate of drug-likeness (QED) is 0.880. The van der Waals surface area contributed by atoms with E-state index in [1.54, 1.807) is 0 Å². The Hall–Kier alpha value is -1.75. The summed E-state index contributed by atoms with van der Waals surface area (Å²) in [4.78, 5) is 0. The molecule has 1 aromatic heterocycles. The van der Waals surface area contributed by atoms with E-state index in [4.69, 9.17) is 22.1 Å². The van der Waals surface area contributed by atoms with E-state index >= 15 is 0 Å². The minimum absolute atomic E-state index is 0.0308. The molecule has 0 bridgehead atoms. The van der Waals surface area contributed by atoms with Crippen molar-refractivity contribution >= 4 is 17.5 Å². The Morgan fingerprint density at radius 3 is 2.75 bits per heavy atom. The average Bonchev–Trinajstić information content (AvgIpc) is 2.67. The van der Waals surface area contributed by atoms with Crippen LogP contribution < -0.4 is 10.5 Å². The van der Waals surface area contributed by atoms with Crippen molar-refractivity contribution in [3.8, 4) is 16.9 Å². The van der Waals surface area contributed by atoms with Crippen molar-refractivity contribution in [3.63, 3.8) is 0 Å². The van der Waals surface area contributed by atoms with E-state index < -0.39 is 5.82 Å². The van der Waals surface area contributed by atoms with Crippen molar-refractivity contribution < 1.29 is 13.7 Å². The summed E-state index contributed by atoms with van der Waals surface area (Å²) in [7, 11) is 1.36. The largest absolute Gasteiger partial charge is 0.494 e. The van der Waals surface area contributed by atoms with E-state index in [-0.39, 0.29) is 17.2 Å². The second kappa shape index (κ2) is 4.02. The monoisotopic (exact) mass is 242 g/mol. The lowest BCUT2D eigenvalue weighted by Gasteiger charge is -2.07. The minimum atomic E-state index is -0.554. The third-order valence-corrected chi connectivity index (χ3v) is 2.33. The van der Waals surface area contributed by atoms with E-state index in [1.165, 1.54) is 25.4 Å². The van der Waals surface area contributed by atoms with Gasteiger partial charge < -0.3 is 15.0 Å². The van der Waals surface area contributed by atoms with Gasteiger partial charge in [-0.2, -0.15) is 0 Å². The van der Waals surface area contributed by atoms with Crippen molar-refractivity contribution in [2.75, 3.05) is 12.8 Å².